The molecule has 2 amide bonds. The lowest BCUT2D eigenvalue weighted by molar-refractivity contribution is 0.240. The largest absolute Gasteiger partial charge is 0.336 e. The summed E-state index contributed by atoms with van der Waals surface area (Å²) in [6.07, 6.45) is 3.90. The van der Waals surface area contributed by atoms with Crippen molar-refractivity contribution in [3.05, 3.63) is 12.2 Å². The van der Waals surface area contributed by atoms with Crippen molar-refractivity contribution in [2.24, 2.45) is 4.99 Å². The number of rotatable bonds is 3. The van der Waals surface area contributed by atoms with Gasteiger partial charge in [0.1, 0.15) is 0 Å². The van der Waals surface area contributed by atoms with Crippen LogP contribution >= 0.6 is 0 Å². The molecule has 72 valence electrons. The lowest BCUT2D eigenvalue weighted by atomic mass is 10.3. The van der Waals surface area contributed by atoms with E-state index in [-0.39, 0.29) is 12.1 Å². The zero-order valence-electron chi connectivity index (χ0n) is 8.00. The Kier molecular flexibility index (Phi) is 3.49. The van der Waals surface area contributed by atoms with Gasteiger partial charge in [-0.25, -0.2) is 4.79 Å². The quantitative estimate of drug-likeness (QED) is 0.661. The molecule has 0 saturated carbocycles. The molecule has 0 aliphatic carbocycles. The normalized spacial score (nSPS) is 14.5. The predicted molar refractivity (Wildman–Crippen MR) is 53.1 cm³/mol. The highest BCUT2D eigenvalue weighted by molar-refractivity contribution is 5.99. The smallest absolute Gasteiger partial charge is 0.315 e. The van der Waals surface area contributed by atoms with Gasteiger partial charge in [0.05, 0.1) is 18.8 Å². The summed E-state index contributed by atoms with van der Waals surface area (Å²) in [7, 11) is 0. The molecule has 1 aliphatic heterocycles. The van der Waals surface area contributed by atoms with Gasteiger partial charge < -0.3 is 10.6 Å². The number of urea groups is 1. The molecule has 0 aromatic heterocycles. The minimum atomic E-state index is -0.141. The maximum atomic E-state index is 11.1. The number of carbonyl (C=O) groups excluding carboxylic acids is 1. The van der Waals surface area contributed by atoms with Crippen LogP contribution in [0.4, 0.5) is 4.79 Å². The topological polar surface area (TPSA) is 53.5 Å². The highest BCUT2D eigenvalue weighted by Gasteiger charge is 2.04. The van der Waals surface area contributed by atoms with Gasteiger partial charge >= 0.3 is 6.03 Å². The van der Waals surface area contributed by atoms with E-state index in [0.717, 1.165) is 12.3 Å². The van der Waals surface area contributed by atoms with Crippen molar-refractivity contribution in [2.75, 3.05) is 13.1 Å². The fourth-order valence-corrected chi connectivity index (χ4v) is 1.01. The summed E-state index contributed by atoms with van der Waals surface area (Å²) in [5.41, 5.74) is 0.930. The summed E-state index contributed by atoms with van der Waals surface area (Å²) in [5.74, 6) is 0. The molecule has 1 aliphatic rings. The van der Waals surface area contributed by atoms with E-state index in [1.165, 1.54) is 0 Å². The maximum Gasteiger partial charge on any atom is 0.315 e. The average molecular weight is 181 g/mol. The summed E-state index contributed by atoms with van der Waals surface area (Å²) in [5, 5.41) is 5.46. The minimum Gasteiger partial charge on any atom is -0.336 e. The van der Waals surface area contributed by atoms with Crippen LogP contribution in [0.25, 0.3) is 0 Å². The second-order valence-electron chi connectivity index (χ2n) is 3.22. The van der Waals surface area contributed by atoms with Crippen molar-refractivity contribution in [1.29, 1.82) is 0 Å². The predicted octanol–water partition coefficient (Wildman–Crippen LogP) is 0.705. The summed E-state index contributed by atoms with van der Waals surface area (Å²) < 4.78 is 0. The molecule has 0 aromatic rings. The van der Waals surface area contributed by atoms with Crippen molar-refractivity contribution in [3.63, 3.8) is 0 Å². The molecule has 0 aromatic carbocycles. The van der Waals surface area contributed by atoms with E-state index in [1.54, 1.807) is 0 Å². The third-order valence-corrected chi connectivity index (χ3v) is 1.56. The van der Waals surface area contributed by atoms with E-state index in [0.29, 0.717) is 6.54 Å². The molecule has 0 spiro atoms. The SMILES string of the molecule is CC(C)NC(=O)NCC1=NCC=C1. The molecular formula is C9H15N3O. The fourth-order valence-electron chi connectivity index (χ4n) is 1.01. The van der Waals surface area contributed by atoms with Crippen LogP contribution in [0.2, 0.25) is 0 Å². The zero-order valence-corrected chi connectivity index (χ0v) is 8.00. The Morgan fingerprint density at radius 2 is 2.46 bits per heavy atom. The second kappa shape index (κ2) is 4.64. The molecule has 0 fully saturated rings. The van der Waals surface area contributed by atoms with E-state index < -0.39 is 0 Å². The molecule has 0 atom stereocenters. The van der Waals surface area contributed by atoms with Crippen LogP contribution in [-0.4, -0.2) is 30.9 Å². The van der Waals surface area contributed by atoms with Gasteiger partial charge in [-0.05, 0) is 19.9 Å². The van der Waals surface area contributed by atoms with Gasteiger partial charge in [-0.15, -0.1) is 0 Å². The van der Waals surface area contributed by atoms with Crippen LogP contribution in [0.1, 0.15) is 13.8 Å². The summed E-state index contributed by atoms with van der Waals surface area (Å²) in [6, 6.07) is 0.0269. The van der Waals surface area contributed by atoms with Gasteiger partial charge in [-0.3, -0.25) is 4.99 Å². The van der Waals surface area contributed by atoms with Gasteiger partial charge in [0.2, 0.25) is 0 Å². The van der Waals surface area contributed by atoms with Crippen molar-refractivity contribution < 1.29 is 4.79 Å². The molecule has 0 radical (unpaired) electrons. The summed E-state index contributed by atoms with van der Waals surface area (Å²) in [4.78, 5) is 15.3. The van der Waals surface area contributed by atoms with E-state index in [1.807, 2.05) is 26.0 Å². The van der Waals surface area contributed by atoms with Crippen LogP contribution in [0.3, 0.4) is 0 Å². The number of hydrogen-bond donors (Lipinski definition) is 2. The van der Waals surface area contributed by atoms with Crippen LogP contribution in [0.15, 0.2) is 17.1 Å². The van der Waals surface area contributed by atoms with Crippen LogP contribution in [0, 0.1) is 0 Å². The number of hydrogen-bond acceptors (Lipinski definition) is 2. The highest BCUT2D eigenvalue weighted by Crippen LogP contribution is 1.91. The maximum absolute atomic E-state index is 11.1. The number of nitrogens with one attached hydrogen (secondary N) is 2. The highest BCUT2D eigenvalue weighted by atomic mass is 16.2. The molecule has 1 heterocycles. The van der Waals surface area contributed by atoms with Crippen molar-refractivity contribution in [3.8, 4) is 0 Å². The van der Waals surface area contributed by atoms with E-state index >= 15 is 0 Å². The molecule has 1 rings (SSSR count). The van der Waals surface area contributed by atoms with Crippen LogP contribution in [0.5, 0.6) is 0 Å². The summed E-state index contributed by atoms with van der Waals surface area (Å²) >= 11 is 0. The van der Waals surface area contributed by atoms with Crippen LogP contribution < -0.4 is 10.6 Å². The minimum absolute atomic E-state index is 0.141. The van der Waals surface area contributed by atoms with Crippen LogP contribution in [-0.2, 0) is 0 Å². The van der Waals surface area contributed by atoms with E-state index in [4.69, 9.17) is 0 Å². The lowest BCUT2D eigenvalue weighted by Crippen LogP contribution is -2.41. The summed E-state index contributed by atoms with van der Waals surface area (Å²) in [6.45, 7) is 5.09. The zero-order chi connectivity index (χ0) is 9.68. The Hall–Kier alpha value is -1.32. The standard InChI is InChI=1S/C9H15N3O/c1-7(2)12-9(13)11-6-8-4-3-5-10-8/h3-4,7H,5-6H2,1-2H3,(H2,11,12,13). The van der Waals surface area contributed by atoms with Crippen molar-refractivity contribution >= 4 is 11.7 Å². The van der Waals surface area contributed by atoms with Gasteiger partial charge in [-0.1, -0.05) is 6.08 Å². The van der Waals surface area contributed by atoms with Gasteiger partial charge in [-0.2, -0.15) is 0 Å². The number of aliphatic imine (C=N–C) groups is 1. The van der Waals surface area contributed by atoms with Gasteiger partial charge in [0.15, 0.2) is 0 Å². The number of amides is 2. The third-order valence-electron chi connectivity index (χ3n) is 1.56. The Labute approximate surface area is 78.1 Å². The number of nitrogens with zero attached hydrogens (tertiary/aromatic N) is 1. The first kappa shape index (κ1) is 9.77. The van der Waals surface area contributed by atoms with Gasteiger partial charge in [0, 0.05) is 6.04 Å². The van der Waals surface area contributed by atoms with Gasteiger partial charge in [0.25, 0.3) is 0 Å². The molecular weight excluding hydrogens is 166 g/mol. The van der Waals surface area contributed by atoms with Crippen molar-refractivity contribution in [2.45, 2.75) is 19.9 Å². The first-order chi connectivity index (χ1) is 6.18. The fraction of sp³-hybridized carbons (Fsp3) is 0.556. The Balaban J connectivity index is 2.18. The Morgan fingerprint density at radius 3 is 3.00 bits per heavy atom. The molecule has 4 heteroatoms. The molecule has 0 saturated heterocycles. The lowest BCUT2D eigenvalue weighted by Gasteiger charge is -2.09. The number of carbonyl (C=O) groups is 1. The molecule has 0 bridgehead atoms. The van der Waals surface area contributed by atoms with E-state index in [2.05, 4.69) is 15.6 Å². The first-order valence-electron chi connectivity index (χ1n) is 4.42. The molecule has 0 unspecified atom stereocenters. The van der Waals surface area contributed by atoms with Crippen molar-refractivity contribution in [1.82, 2.24) is 10.6 Å². The Morgan fingerprint density at radius 1 is 1.69 bits per heavy atom. The van der Waals surface area contributed by atoms with E-state index in [9.17, 15) is 4.79 Å². The molecule has 2 N–H and O–H groups in total. The molecule has 13 heavy (non-hydrogen) atoms. The monoisotopic (exact) mass is 181 g/mol. The molecule has 4 nitrogen and oxygen atoms in total. The average Bonchev–Trinajstić information content (AvgIpc) is 2.51. The third kappa shape index (κ3) is 3.73. The Bertz CT molecular complexity index is 243. The second-order valence-corrected chi connectivity index (χ2v) is 3.22. The first-order valence-corrected chi connectivity index (χ1v) is 4.42.